The average molecular weight is 759 g/mol. The highest BCUT2D eigenvalue weighted by molar-refractivity contribution is 6.23. The Labute approximate surface area is 321 Å². The van der Waals surface area contributed by atoms with E-state index in [1.807, 2.05) is 38.2 Å². The highest BCUT2D eigenvalue weighted by Crippen LogP contribution is 2.39. The molecule has 56 heavy (non-hydrogen) atoms. The number of carbonyl (C=O) groups is 5. The molecule has 5 aromatic rings. The van der Waals surface area contributed by atoms with Crippen LogP contribution in [-0.4, -0.2) is 109 Å². The third-order valence-electron chi connectivity index (χ3n) is 11.2. The lowest BCUT2D eigenvalue weighted by Gasteiger charge is -2.52. The lowest BCUT2D eigenvalue weighted by Crippen LogP contribution is -2.60. The Kier molecular flexibility index (Phi) is 8.60. The zero-order chi connectivity index (χ0) is 38.9. The van der Waals surface area contributed by atoms with Crippen molar-refractivity contribution in [1.82, 2.24) is 39.5 Å². The van der Waals surface area contributed by atoms with Crippen LogP contribution in [0.25, 0.3) is 16.6 Å². The molecule has 7 heterocycles. The zero-order valence-corrected chi connectivity index (χ0v) is 31.4. The second-order valence-corrected chi connectivity index (χ2v) is 15.9. The maximum atomic E-state index is 13.4. The summed E-state index contributed by atoms with van der Waals surface area (Å²) in [6.07, 6.45) is 8.92. The van der Waals surface area contributed by atoms with Crippen LogP contribution in [0, 0.1) is 5.41 Å². The molecule has 5 amide bonds. The van der Waals surface area contributed by atoms with E-state index in [1.165, 1.54) is 6.20 Å². The molecule has 4 aliphatic heterocycles. The third-order valence-corrected chi connectivity index (χ3v) is 11.2. The van der Waals surface area contributed by atoms with Crippen molar-refractivity contribution in [1.29, 1.82) is 0 Å². The largest absolute Gasteiger partial charge is 0.489 e. The highest BCUT2D eigenvalue weighted by Gasteiger charge is 2.46. The molecule has 2 aromatic carbocycles. The fourth-order valence-electron chi connectivity index (χ4n) is 8.58. The number of amides is 5. The minimum atomic E-state index is -0.981. The first-order valence-corrected chi connectivity index (χ1v) is 19.1. The molecule has 288 valence electrons. The van der Waals surface area contributed by atoms with E-state index < -0.39 is 29.7 Å². The number of ether oxygens (including phenoxy) is 1. The molecule has 3 aromatic heterocycles. The SMILES string of the molecule is CC(C)Oc1cc2nn(C3CCN(CC4(C)CN(c5ccc6c(c5)C(=O)N(C5CCC(=O)NC5=O)C6=O)C4)CC3)cc2cc1NC(=O)c1cnn2cccnc12. The number of hydrogen-bond donors (Lipinski definition) is 2. The van der Waals surface area contributed by atoms with Crippen LogP contribution in [-0.2, 0) is 9.59 Å². The van der Waals surface area contributed by atoms with Crippen molar-refractivity contribution in [3.05, 3.63) is 77.9 Å². The highest BCUT2D eigenvalue weighted by atomic mass is 16.5. The molecule has 2 N–H and O–H groups in total. The van der Waals surface area contributed by atoms with Gasteiger partial charge in [0.1, 0.15) is 17.4 Å². The van der Waals surface area contributed by atoms with Crippen molar-refractivity contribution in [3.63, 3.8) is 0 Å². The van der Waals surface area contributed by atoms with Gasteiger partial charge in [0.2, 0.25) is 11.8 Å². The predicted octanol–water partition coefficient (Wildman–Crippen LogP) is 3.68. The van der Waals surface area contributed by atoms with E-state index in [4.69, 9.17) is 9.84 Å². The number of aromatic nitrogens is 5. The van der Waals surface area contributed by atoms with Crippen molar-refractivity contribution >= 4 is 57.5 Å². The smallest absolute Gasteiger partial charge is 0.262 e. The van der Waals surface area contributed by atoms with Crippen LogP contribution >= 0.6 is 0 Å². The van der Waals surface area contributed by atoms with Gasteiger partial charge in [-0.1, -0.05) is 6.92 Å². The summed E-state index contributed by atoms with van der Waals surface area (Å²) in [5.74, 6) is -1.78. The number of anilines is 2. The van der Waals surface area contributed by atoms with Gasteiger partial charge >= 0.3 is 0 Å². The van der Waals surface area contributed by atoms with Crippen molar-refractivity contribution in [2.24, 2.45) is 5.41 Å². The number of nitrogens with zero attached hydrogens (tertiary/aromatic N) is 8. The van der Waals surface area contributed by atoms with Gasteiger partial charge in [-0.2, -0.15) is 10.2 Å². The zero-order valence-electron chi connectivity index (χ0n) is 31.4. The fraction of sp³-hybridized carbons (Fsp3) is 0.400. The summed E-state index contributed by atoms with van der Waals surface area (Å²) in [5, 5.41) is 15.4. The summed E-state index contributed by atoms with van der Waals surface area (Å²) in [5.41, 5.74) is 3.69. The molecule has 0 saturated carbocycles. The first kappa shape index (κ1) is 35.5. The van der Waals surface area contributed by atoms with E-state index in [2.05, 4.69) is 42.1 Å². The maximum Gasteiger partial charge on any atom is 0.262 e. The van der Waals surface area contributed by atoms with Crippen LogP contribution in [0.3, 0.4) is 0 Å². The Morgan fingerprint density at radius 1 is 1.04 bits per heavy atom. The van der Waals surface area contributed by atoms with Gasteiger partial charge < -0.3 is 19.9 Å². The summed E-state index contributed by atoms with van der Waals surface area (Å²) in [7, 11) is 0. The molecule has 0 bridgehead atoms. The second-order valence-electron chi connectivity index (χ2n) is 15.9. The van der Waals surface area contributed by atoms with Crippen LogP contribution in [0.5, 0.6) is 5.75 Å². The predicted molar refractivity (Wildman–Crippen MR) is 205 cm³/mol. The quantitative estimate of drug-likeness (QED) is 0.210. The summed E-state index contributed by atoms with van der Waals surface area (Å²) in [6, 6.07) is 10.1. The number of carbonyl (C=O) groups excluding carboxylic acids is 5. The minimum Gasteiger partial charge on any atom is -0.489 e. The number of likely N-dealkylation sites (tertiary alicyclic amines) is 1. The number of benzene rings is 2. The number of piperidine rings is 2. The van der Waals surface area contributed by atoms with E-state index in [-0.39, 0.29) is 41.9 Å². The van der Waals surface area contributed by atoms with E-state index in [0.29, 0.717) is 28.2 Å². The second kappa shape index (κ2) is 13.5. The van der Waals surface area contributed by atoms with E-state index in [0.717, 1.165) is 67.1 Å². The summed E-state index contributed by atoms with van der Waals surface area (Å²) in [4.78, 5) is 74.0. The van der Waals surface area contributed by atoms with Crippen molar-refractivity contribution < 1.29 is 28.7 Å². The maximum absolute atomic E-state index is 13.4. The molecular formula is C40H42N10O6. The molecule has 0 radical (unpaired) electrons. The molecule has 16 heteroatoms. The molecule has 0 spiro atoms. The van der Waals surface area contributed by atoms with Gasteiger partial charge in [-0.25, -0.2) is 9.50 Å². The van der Waals surface area contributed by atoms with Crippen LogP contribution in [0.4, 0.5) is 11.4 Å². The van der Waals surface area contributed by atoms with E-state index >= 15 is 0 Å². The van der Waals surface area contributed by atoms with Gasteiger partial charge in [0.15, 0.2) is 5.65 Å². The van der Waals surface area contributed by atoms with Gasteiger partial charge in [0.05, 0.1) is 40.7 Å². The Morgan fingerprint density at radius 3 is 2.59 bits per heavy atom. The minimum absolute atomic E-state index is 0.0535. The van der Waals surface area contributed by atoms with Gasteiger partial charge in [0, 0.05) is 80.3 Å². The first-order chi connectivity index (χ1) is 26.9. The lowest BCUT2D eigenvalue weighted by molar-refractivity contribution is -0.136. The molecular weight excluding hydrogens is 717 g/mol. The van der Waals surface area contributed by atoms with Gasteiger partial charge in [-0.15, -0.1) is 0 Å². The molecule has 3 saturated heterocycles. The molecule has 0 aliphatic carbocycles. The van der Waals surface area contributed by atoms with Gasteiger partial charge in [-0.05, 0) is 63.4 Å². The summed E-state index contributed by atoms with van der Waals surface area (Å²) in [6.45, 7) is 10.6. The number of hydrogen-bond acceptors (Lipinski definition) is 11. The molecule has 16 nitrogen and oxygen atoms in total. The Balaban J connectivity index is 0.822. The van der Waals surface area contributed by atoms with Crippen LogP contribution in [0.15, 0.2) is 61.2 Å². The van der Waals surface area contributed by atoms with E-state index in [9.17, 15) is 24.0 Å². The molecule has 1 unspecified atom stereocenters. The average Bonchev–Trinajstić information content (AvgIpc) is 3.85. The van der Waals surface area contributed by atoms with Gasteiger partial charge in [0.25, 0.3) is 17.7 Å². The molecule has 4 aliphatic rings. The van der Waals surface area contributed by atoms with Crippen LogP contribution in [0.2, 0.25) is 0 Å². The summed E-state index contributed by atoms with van der Waals surface area (Å²) < 4.78 is 9.74. The lowest BCUT2D eigenvalue weighted by atomic mass is 9.80. The van der Waals surface area contributed by atoms with Crippen LogP contribution < -0.4 is 20.3 Å². The number of fused-ring (bicyclic) bond motifs is 3. The number of rotatable bonds is 9. The molecule has 1 atom stereocenters. The standard InChI is InChI=1S/C40H42N10O6/c1-23(2)56-33-17-30-24(15-31(33)43-36(52)29-18-42-48-12-4-11-41-35(29)48)19-49(45-30)25-9-13-46(14-10-25)20-40(3)21-47(22-40)26-5-6-27-28(16-26)39(55)50(38(27)54)32-7-8-34(51)44-37(32)53/h4-6,11-12,15-19,23,25,32H,7-10,13-14,20-22H2,1-3H3,(H,43,52)(H,44,51,53). The topological polar surface area (TPSA) is 176 Å². The summed E-state index contributed by atoms with van der Waals surface area (Å²) >= 11 is 0. The van der Waals surface area contributed by atoms with Crippen LogP contribution in [0.1, 0.15) is 83.6 Å². The monoisotopic (exact) mass is 758 g/mol. The van der Waals surface area contributed by atoms with Gasteiger partial charge in [-0.3, -0.25) is 38.9 Å². The molecule has 9 rings (SSSR count). The van der Waals surface area contributed by atoms with Crippen molar-refractivity contribution in [2.75, 3.05) is 42.9 Å². The Bertz CT molecular complexity index is 2440. The number of imide groups is 2. The number of nitrogens with one attached hydrogen (secondary N) is 2. The van der Waals surface area contributed by atoms with Crippen molar-refractivity contribution in [3.8, 4) is 5.75 Å². The Hall–Kier alpha value is -6.16. The fourth-order valence-corrected chi connectivity index (χ4v) is 8.58. The molecule has 3 fully saturated rings. The van der Waals surface area contributed by atoms with Crippen molar-refractivity contribution in [2.45, 2.75) is 64.6 Å². The third kappa shape index (κ3) is 6.32. The Morgan fingerprint density at radius 2 is 1.82 bits per heavy atom. The normalized spacial score (nSPS) is 20.2. The van der Waals surface area contributed by atoms with E-state index in [1.54, 1.807) is 35.1 Å². The first-order valence-electron chi connectivity index (χ1n) is 19.1.